The van der Waals surface area contributed by atoms with E-state index >= 15 is 0 Å². The van der Waals surface area contributed by atoms with Gasteiger partial charge in [-0.1, -0.05) is 25.1 Å². The monoisotopic (exact) mass is 304 g/mol. The van der Waals surface area contributed by atoms with Crippen LogP contribution in [0.2, 0.25) is 0 Å². The number of ether oxygens (including phenoxy) is 1. The predicted octanol–water partition coefficient (Wildman–Crippen LogP) is 1.97. The van der Waals surface area contributed by atoms with Crippen LogP contribution in [0.4, 0.5) is 0 Å². The number of para-hydroxylation sites is 1. The van der Waals surface area contributed by atoms with Gasteiger partial charge in [0.15, 0.2) is 6.61 Å². The fourth-order valence-electron chi connectivity index (χ4n) is 2.73. The zero-order valence-electron chi connectivity index (χ0n) is 13.1. The van der Waals surface area contributed by atoms with Crippen molar-refractivity contribution < 1.29 is 14.3 Å². The second-order valence-electron chi connectivity index (χ2n) is 5.49. The Morgan fingerprint density at radius 2 is 2.14 bits per heavy atom. The van der Waals surface area contributed by atoms with Crippen molar-refractivity contribution in [2.24, 2.45) is 0 Å². The van der Waals surface area contributed by atoms with Gasteiger partial charge in [-0.2, -0.15) is 0 Å². The van der Waals surface area contributed by atoms with Crippen LogP contribution in [0.5, 0.6) is 5.75 Å². The molecule has 5 heteroatoms. The molecule has 1 atom stereocenters. The fourth-order valence-corrected chi connectivity index (χ4v) is 2.73. The van der Waals surface area contributed by atoms with E-state index in [9.17, 15) is 9.59 Å². The molecule has 1 saturated heterocycles. The molecular formula is C17H24N2O3. The minimum atomic E-state index is -0.133. The summed E-state index contributed by atoms with van der Waals surface area (Å²) in [5.74, 6) is 0.795. The van der Waals surface area contributed by atoms with E-state index in [0.29, 0.717) is 18.7 Å². The summed E-state index contributed by atoms with van der Waals surface area (Å²) in [4.78, 5) is 25.5. The van der Waals surface area contributed by atoms with Crippen LogP contribution < -0.4 is 10.1 Å². The van der Waals surface area contributed by atoms with E-state index in [1.165, 1.54) is 0 Å². The Morgan fingerprint density at radius 1 is 1.36 bits per heavy atom. The molecule has 1 heterocycles. The zero-order valence-corrected chi connectivity index (χ0v) is 13.1. The van der Waals surface area contributed by atoms with E-state index in [1.807, 2.05) is 35.2 Å². The number of benzene rings is 1. The van der Waals surface area contributed by atoms with Crippen molar-refractivity contribution in [3.63, 3.8) is 0 Å². The van der Waals surface area contributed by atoms with Gasteiger partial charge in [-0.05, 0) is 31.4 Å². The molecule has 1 fully saturated rings. The molecule has 2 amide bonds. The number of carbonyl (C=O) groups is 2. The fraction of sp³-hybridized carbons (Fsp3) is 0.529. The largest absolute Gasteiger partial charge is 0.484 e. The van der Waals surface area contributed by atoms with Crippen molar-refractivity contribution in [1.29, 1.82) is 0 Å². The lowest BCUT2D eigenvalue weighted by Gasteiger charge is -2.26. The summed E-state index contributed by atoms with van der Waals surface area (Å²) in [6.45, 7) is 3.52. The molecule has 1 aromatic rings. The highest BCUT2D eigenvalue weighted by Crippen LogP contribution is 2.17. The number of rotatable bonds is 8. The molecule has 0 radical (unpaired) electrons. The molecule has 1 N–H and O–H groups in total. The molecule has 0 aliphatic carbocycles. The summed E-state index contributed by atoms with van der Waals surface area (Å²) < 4.78 is 5.39. The highest BCUT2D eigenvalue weighted by molar-refractivity contribution is 5.78. The average molecular weight is 304 g/mol. The smallest absolute Gasteiger partial charge is 0.257 e. The van der Waals surface area contributed by atoms with Gasteiger partial charge in [0.25, 0.3) is 5.91 Å². The molecule has 0 saturated carbocycles. The lowest BCUT2D eigenvalue weighted by Crippen LogP contribution is -2.39. The molecule has 1 aliphatic rings. The van der Waals surface area contributed by atoms with Gasteiger partial charge in [-0.15, -0.1) is 0 Å². The third kappa shape index (κ3) is 4.76. The zero-order chi connectivity index (χ0) is 15.8. The van der Waals surface area contributed by atoms with Gasteiger partial charge < -0.3 is 15.0 Å². The minimum Gasteiger partial charge on any atom is -0.484 e. The van der Waals surface area contributed by atoms with Gasteiger partial charge in [0.05, 0.1) is 0 Å². The number of nitrogens with one attached hydrogen (secondary N) is 1. The second kappa shape index (κ2) is 8.41. The van der Waals surface area contributed by atoms with Gasteiger partial charge in [-0.25, -0.2) is 0 Å². The molecule has 0 aromatic heterocycles. The van der Waals surface area contributed by atoms with Crippen LogP contribution in [0.1, 0.15) is 32.6 Å². The Hall–Kier alpha value is -2.04. The Kier molecular flexibility index (Phi) is 6.25. The molecule has 2 rings (SSSR count). The van der Waals surface area contributed by atoms with Gasteiger partial charge in [-0.3, -0.25) is 9.59 Å². The summed E-state index contributed by atoms with van der Waals surface area (Å²) in [6.07, 6.45) is 3.32. The maximum Gasteiger partial charge on any atom is 0.257 e. The maximum atomic E-state index is 11.8. The first-order chi connectivity index (χ1) is 10.7. The first-order valence-electron chi connectivity index (χ1n) is 7.94. The van der Waals surface area contributed by atoms with Gasteiger partial charge in [0.2, 0.25) is 5.91 Å². The summed E-state index contributed by atoms with van der Waals surface area (Å²) >= 11 is 0. The van der Waals surface area contributed by atoms with Crippen molar-refractivity contribution >= 4 is 11.8 Å². The van der Waals surface area contributed by atoms with Crippen molar-refractivity contribution in [2.45, 2.75) is 38.6 Å². The Labute approximate surface area is 131 Å². The SMILES string of the molecule is CC[C@@H](CCNC(=O)COc1ccccc1)N1CCCC1=O. The molecule has 5 nitrogen and oxygen atoms in total. The van der Waals surface area contributed by atoms with Crippen LogP contribution in [-0.4, -0.2) is 42.5 Å². The van der Waals surface area contributed by atoms with E-state index in [4.69, 9.17) is 4.74 Å². The molecule has 1 aliphatic heterocycles. The maximum absolute atomic E-state index is 11.8. The third-order valence-electron chi connectivity index (χ3n) is 3.93. The summed E-state index contributed by atoms with van der Waals surface area (Å²) in [6, 6.07) is 9.50. The van der Waals surface area contributed by atoms with Crippen molar-refractivity contribution in [3.8, 4) is 5.75 Å². The minimum absolute atomic E-state index is 0.0173. The standard InChI is InChI=1S/C17H24N2O3/c1-2-14(19-12-6-9-17(19)21)10-11-18-16(20)13-22-15-7-4-3-5-8-15/h3-5,7-8,14H,2,6,9-13H2,1H3,(H,18,20)/t14-/m0/s1. The molecule has 120 valence electrons. The van der Waals surface area contributed by atoms with E-state index in [1.54, 1.807) is 0 Å². The topological polar surface area (TPSA) is 58.6 Å². The van der Waals surface area contributed by atoms with Crippen LogP contribution in [-0.2, 0) is 9.59 Å². The average Bonchev–Trinajstić information content (AvgIpc) is 2.96. The second-order valence-corrected chi connectivity index (χ2v) is 5.49. The summed E-state index contributed by atoms with van der Waals surface area (Å²) in [7, 11) is 0. The van der Waals surface area contributed by atoms with Crippen LogP contribution in [0.25, 0.3) is 0 Å². The summed E-state index contributed by atoms with van der Waals surface area (Å²) in [5, 5.41) is 2.85. The van der Waals surface area contributed by atoms with Crippen molar-refractivity contribution in [2.75, 3.05) is 19.7 Å². The quantitative estimate of drug-likeness (QED) is 0.799. The number of nitrogens with zero attached hydrogens (tertiary/aromatic N) is 1. The van der Waals surface area contributed by atoms with Crippen molar-refractivity contribution in [3.05, 3.63) is 30.3 Å². The van der Waals surface area contributed by atoms with E-state index in [0.717, 1.165) is 25.8 Å². The molecule has 22 heavy (non-hydrogen) atoms. The Morgan fingerprint density at radius 3 is 2.77 bits per heavy atom. The molecule has 0 unspecified atom stereocenters. The predicted molar refractivity (Wildman–Crippen MR) is 84.6 cm³/mol. The Balaban J connectivity index is 1.66. The van der Waals surface area contributed by atoms with E-state index in [2.05, 4.69) is 12.2 Å². The van der Waals surface area contributed by atoms with Gasteiger partial charge in [0.1, 0.15) is 5.75 Å². The van der Waals surface area contributed by atoms with Crippen LogP contribution >= 0.6 is 0 Å². The van der Waals surface area contributed by atoms with Crippen LogP contribution in [0.3, 0.4) is 0 Å². The number of amides is 2. The summed E-state index contributed by atoms with van der Waals surface area (Å²) in [5.41, 5.74) is 0. The van der Waals surface area contributed by atoms with E-state index in [-0.39, 0.29) is 24.5 Å². The number of hydrogen-bond acceptors (Lipinski definition) is 3. The van der Waals surface area contributed by atoms with E-state index < -0.39 is 0 Å². The molecule has 0 spiro atoms. The Bertz CT molecular complexity index is 490. The number of likely N-dealkylation sites (tertiary alicyclic amines) is 1. The molecule has 0 bridgehead atoms. The van der Waals surface area contributed by atoms with Gasteiger partial charge in [0, 0.05) is 25.6 Å². The molecule has 1 aromatic carbocycles. The highest BCUT2D eigenvalue weighted by atomic mass is 16.5. The number of carbonyl (C=O) groups excluding carboxylic acids is 2. The number of hydrogen-bond donors (Lipinski definition) is 1. The lowest BCUT2D eigenvalue weighted by atomic mass is 10.1. The first-order valence-corrected chi connectivity index (χ1v) is 7.94. The molecular weight excluding hydrogens is 280 g/mol. The third-order valence-corrected chi connectivity index (χ3v) is 3.93. The normalized spacial score (nSPS) is 15.7. The first kappa shape index (κ1) is 16.3. The van der Waals surface area contributed by atoms with Crippen LogP contribution in [0, 0.1) is 0 Å². The van der Waals surface area contributed by atoms with Crippen molar-refractivity contribution in [1.82, 2.24) is 10.2 Å². The van der Waals surface area contributed by atoms with Crippen LogP contribution in [0.15, 0.2) is 30.3 Å². The highest BCUT2D eigenvalue weighted by Gasteiger charge is 2.26. The van der Waals surface area contributed by atoms with Gasteiger partial charge >= 0.3 is 0 Å². The lowest BCUT2D eigenvalue weighted by molar-refractivity contribution is -0.129.